The lowest BCUT2D eigenvalue weighted by Gasteiger charge is -2.23. The van der Waals surface area contributed by atoms with Gasteiger partial charge in [0, 0.05) is 18.2 Å². The fraction of sp³-hybridized carbons (Fsp3) is 0.136. The van der Waals surface area contributed by atoms with Crippen LogP contribution < -0.4 is 0 Å². The first kappa shape index (κ1) is 15.8. The molecule has 4 aromatic rings. The minimum Gasteiger partial charge on any atom is -0.463 e. The fourth-order valence-corrected chi connectivity index (χ4v) is 3.65. The van der Waals surface area contributed by atoms with Gasteiger partial charge >= 0.3 is 0 Å². The quantitative estimate of drug-likeness (QED) is 0.522. The second-order valence-corrected chi connectivity index (χ2v) is 6.60. The first-order valence-corrected chi connectivity index (χ1v) is 8.98. The van der Waals surface area contributed by atoms with Crippen LogP contribution in [0.3, 0.4) is 0 Å². The Morgan fingerprint density at radius 2 is 1.85 bits per heavy atom. The second kappa shape index (κ2) is 6.36. The van der Waals surface area contributed by atoms with E-state index in [-0.39, 0.29) is 6.04 Å². The maximum atomic E-state index is 5.64. The number of aliphatic imine (C=N–C) groups is 1. The molecule has 1 aliphatic heterocycles. The average Bonchev–Trinajstić information content (AvgIpc) is 3.36. The summed E-state index contributed by atoms with van der Waals surface area (Å²) in [5.41, 5.74) is 5.02. The van der Waals surface area contributed by atoms with Gasteiger partial charge in [-0.15, -0.1) is 0 Å². The van der Waals surface area contributed by atoms with Gasteiger partial charge in [0.25, 0.3) is 0 Å². The van der Waals surface area contributed by atoms with Crippen molar-refractivity contribution >= 4 is 11.5 Å². The molecule has 0 saturated carbocycles. The van der Waals surface area contributed by atoms with Crippen molar-refractivity contribution in [2.24, 2.45) is 4.99 Å². The van der Waals surface area contributed by atoms with Gasteiger partial charge in [-0.2, -0.15) is 5.10 Å². The summed E-state index contributed by atoms with van der Waals surface area (Å²) in [6, 6.07) is 20.1. The van der Waals surface area contributed by atoms with Gasteiger partial charge in [-0.05, 0) is 36.8 Å². The highest BCUT2D eigenvalue weighted by Gasteiger charge is 2.30. The van der Waals surface area contributed by atoms with E-state index < -0.39 is 0 Å². The van der Waals surface area contributed by atoms with E-state index in [9.17, 15) is 0 Å². The third-order valence-corrected chi connectivity index (χ3v) is 4.88. The number of furan rings is 1. The van der Waals surface area contributed by atoms with Gasteiger partial charge in [-0.25, -0.2) is 9.67 Å². The molecule has 1 unspecified atom stereocenters. The van der Waals surface area contributed by atoms with Gasteiger partial charge in [-0.3, -0.25) is 4.98 Å². The molecule has 0 aliphatic carbocycles. The predicted molar refractivity (Wildman–Crippen MR) is 104 cm³/mol. The number of aromatic nitrogens is 3. The number of benzene rings is 1. The normalized spacial score (nSPS) is 16.0. The van der Waals surface area contributed by atoms with E-state index in [1.54, 1.807) is 6.26 Å². The summed E-state index contributed by atoms with van der Waals surface area (Å²) in [6.07, 6.45) is 4.19. The van der Waals surface area contributed by atoms with Gasteiger partial charge < -0.3 is 4.42 Å². The second-order valence-electron chi connectivity index (χ2n) is 6.60. The van der Waals surface area contributed by atoms with E-state index in [0.29, 0.717) is 6.42 Å². The van der Waals surface area contributed by atoms with Crippen molar-refractivity contribution < 1.29 is 4.42 Å². The number of hydrogen-bond acceptors (Lipinski definition) is 4. The Hall–Kier alpha value is -3.47. The van der Waals surface area contributed by atoms with E-state index in [1.165, 1.54) is 0 Å². The molecule has 27 heavy (non-hydrogen) atoms. The fourth-order valence-electron chi connectivity index (χ4n) is 3.65. The van der Waals surface area contributed by atoms with Crippen molar-refractivity contribution in [3.05, 3.63) is 90.3 Å². The van der Waals surface area contributed by atoms with Crippen LogP contribution in [0.15, 0.2) is 82.5 Å². The Kier molecular flexibility index (Phi) is 3.71. The zero-order chi connectivity index (χ0) is 18.2. The minimum absolute atomic E-state index is 0.0186. The number of rotatable bonds is 3. The Balaban J connectivity index is 1.74. The maximum absolute atomic E-state index is 5.64. The van der Waals surface area contributed by atoms with Crippen molar-refractivity contribution in [2.45, 2.75) is 19.4 Å². The van der Waals surface area contributed by atoms with Crippen molar-refractivity contribution in [3.63, 3.8) is 0 Å². The topological polar surface area (TPSA) is 56.2 Å². The Morgan fingerprint density at radius 3 is 2.59 bits per heavy atom. The van der Waals surface area contributed by atoms with Crippen molar-refractivity contribution in [2.75, 3.05) is 0 Å². The maximum Gasteiger partial charge on any atom is 0.159 e. The molecule has 5 rings (SSSR count). The number of nitrogens with zero attached hydrogens (tertiary/aromatic N) is 4. The van der Waals surface area contributed by atoms with Crippen molar-refractivity contribution in [1.82, 2.24) is 14.8 Å². The highest BCUT2D eigenvalue weighted by atomic mass is 16.3. The van der Waals surface area contributed by atoms with Crippen LogP contribution >= 0.6 is 0 Å². The van der Waals surface area contributed by atoms with Gasteiger partial charge in [0.2, 0.25) is 0 Å². The molecule has 1 aromatic carbocycles. The van der Waals surface area contributed by atoms with Crippen LogP contribution in [0, 0.1) is 6.92 Å². The summed E-state index contributed by atoms with van der Waals surface area (Å²) in [5, 5.41) is 4.84. The number of hydrogen-bond donors (Lipinski definition) is 0. The Bertz CT molecular complexity index is 1100. The molecule has 0 bridgehead atoms. The van der Waals surface area contributed by atoms with Gasteiger partial charge in [0.05, 0.1) is 23.4 Å². The number of fused-ring (bicyclic) bond motifs is 1. The molecule has 132 valence electrons. The molecule has 0 radical (unpaired) electrons. The Morgan fingerprint density at radius 1 is 1.00 bits per heavy atom. The summed E-state index contributed by atoms with van der Waals surface area (Å²) in [6.45, 7) is 2.03. The lowest BCUT2D eigenvalue weighted by molar-refractivity contribution is 0.505. The first-order chi connectivity index (χ1) is 13.3. The van der Waals surface area contributed by atoms with Gasteiger partial charge in [-0.1, -0.05) is 36.4 Å². The highest BCUT2D eigenvalue weighted by molar-refractivity contribution is 6.02. The zero-order valence-corrected chi connectivity index (χ0v) is 14.9. The summed E-state index contributed by atoms with van der Waals surface area (Å²) in [5.74, 6) is 1.65. The van der Waals surface area contributed by atoms with E-state index in [4.69, 9.17) is 14.5 Å². The SMILES string of the molecule is Cc1nn2c(c1-c1ccccc1)N=C(c1ccco1)CC2c1ccccn1. The number of aryl methyl sites for hydroxylation is 1. The van der Waals surface area contributed by atoms with Crippen LogP contribution in [0.2, 0.25) is 0 Å². The minimum atomic E-state index is -0.0186. The van der Waals surface area contributed by atoms with E-state index in [0.717, 1.165) is 39.8 Å². The molecule has 0 fully saturated rings. The monoisotopic (exact) mass is 354 g/mol. The molecule has 0 amide bonds. The summed E-state index contributed by atoms with van der Waals surface area (Å²) < 4.78 is 7.65. The molecule has 0 saturated heterocycles. The molecular weight excluding hydrogens is 336 g/mol. The number of pyridine rings is 1. The molecule has 0 spiro atoms. The van der Waals surface area contributed by atoms with Crippen LogP contribution in [0.25, 0.3) is 11.1 Å². The lowest BCUT2D eigenvalue weighted by Crippen LogP contribution is -2.21. The van der Waals surface area contributed by atoms with Gasteiger partial charge in [0.15, 0.2) is 5.82 Å². The predicted octanol–water partition coefficient (Wildman–Crippen LogP) is 4.96. The van der Waals surface area contributed by atoms with Gasteiger partial charge in [0.1, 0.15) is 11.8 Å². The summed E-state index contributed by atoms with van der Waals surface area (Å²) in [4.78, 5) is 9.54. The molecule has 1 aliphatic rings. The summed E-state index contributed by atoms with van der Waals surface area (Å²) in [7, 11) is 0. The summed E-state index contributed by atoms with van der Waals surface area (Å²) >= 11 is 0. The van der Waals surface area contributed by atoms with Crippen LogP contribution in [0.5, 0.6) is 0 Å². The first-order valence-electron chi connectivity index (χ1n) is 8.98. The van der Waals surface area contributed by atoms with E-state index in [1.807, 2.05) is 66.3 Å². The molecule has 3 aromatic heterocycles. The average molecular weight is 354 g/mol. The smallest absolute Gasteiger partial charge is 0.159 e. The third kappa shape index (κ3) is 2.68. The highest BCUT2D eigenvalue weighted by Crippen LogP contribution is 2.41. The third-order valence-electron chi connectivity index (χ3n) is 4.88. The molecule has 5 heteroatoms. The van der Waals surface area contributed by atoms with Crippen LogP contribution in [0.1, 0.15) is 29.6 Å². The largest absolute Gasteiger partial charge is 0.463 e. The van der Waals surface area contributed by atoms with E-state index >= 15 is 0 Å². The van der Waals surface area contributed by atoms with Crippen molar-refractivity contribution in [3.8, 4) is 11.1 Å². The standard InChI is InChI=1S/C22H18N4O/c1-15-21(16-8-3-2-4-9-16)22-24-18(20-11-7-13-27-20)14-19(26(22)25-15)17-10-5-6-12-23-17/h2-13,19H,14H2,1H3. The molecule has 5 nitrogen and oxygen atoms in total. The Labute approximate surface area is 157 Å². The molecule has 0 N–H and O–H groups in total. The molecule has 1 atom stereocenters. The molecular formula is C22H18N4O. The molecule has 4 heterocycles. The zero-order valence-electron chi connectivity index (χ0n) is 14.9. The van der Waals surface area contributed by atoms with Crippen LogP contribution in [0.4, 0.5) is 5.82 Å². The lowest BCUT2D eigenvalue weighted by atomic mass is 10.0. The van der Waals surface area contributed by atoms with Crippen LogP contribution in [-0.2, 0) is 0 Å². The van der Waals surface area contributed by atoms with E-state index in [2.05, 4.69) is 17.1 Å². The van der Waals surface area contributed by atoms with Crippen LogP contribution in [-0.4, -0.2) is 20.5 Å². The van der Waals surface area contributed by atoms with Crippen molar-refractivity contribution in [1.29, 1.82) is 0 Å².